The highest BCUT2D eigenvalue weighted by Crippen LogP contribution is 2.30. The quantitative estimate of drug-likeness (QED) is 0.323. The maximum Gasteiger partial charge on any atom is 0.138 e. The molecule has 0 fully saturated rings. The highest BCUT2D eigenvalue weighted by atomic mass is 32.2. The first-order valence-electron chi connectivity index (χ1n) is 8.75. The van der Waals surface area contributed by atoms with Crippen molar-refractivity contribution in [3.8, 4) is 39.4 Å². The number of ether oxygens (including phenoxy) is 1. The van der Waals surface area contributed by atoms with Gasteiger partial charge in [0.1, 0.15) is 11.2 Å². The number of aromatic nitrogens is 2. The summed E-state index contributed by atoms with van der Waals surface area (Å²) >= 11 is 1.15. The number of benzene rings is 3. The second-order valence-electron chi connectivity index (χ2n) is 6.11. The number of nitriles is 1. The van der Waals surface area contributed by atoms with Crippen LogP contribution >= 0.6 is 11.8 Å². The number of methoxy groups -OCH3 is 1. The number of rotatable bonds is 5. The Morgan fingerprint density at radius 3 is 2.25 bits per heavy atom. The number of nitrogens with zero attached hydrogens (tertiary/aromatic N) is 3. The molecular weight excluding hydrogens is 366 g/mol. The third-order valence-electron chi connectivity index (χ3n) is 4.41. The van der Waals surface area contributed by atoms with Crippen LogP contribution in [0.15, 0.2) is 89.8 Å². The van der Waals surface area contributed by atoms with Gasteiger partial charge in [-0.15, -0.1) is 0 Å². The van der Waals surface area contributed by atoms with Gasteiger partial charge in [-0.05, 0) is 66.4 Å². The molecule has 4 rings (SSSR count). The molecule has 0 amide bonds. The molecule has 0 bridgehead atoms. The first-order chi connectivity index (χ1) is 13.8. The molecule has 0 atom stereocenters. The Kier molecular flexibility index (Phi) is 5.14. The molecule has 0 radical (unpaired) electrons. The highest BCUT2D eigenvalue weighted by Gasteiger charge is 2.13. The van der Waals surface area contributed by atoms with Crippen LogP contribution in [-0.4, -0.2) is 16.9 Å². The van der Waals surface area contributed by atoms with E-state index < -0.39 is 0 Å². The molecule has 28 heavy (non-hydrogen) atoms. The number of thioether (sulfide) groups is 1. The molecule has 1 heterocycles. The van der Waals surface area contributed by atoms with E-state index in [-0.39, 0.29) is 0 Å². The average molecular weight is 383 g/mol. The summed E-state index contributed by atoms with van der Waals surface area (Å²) in [6.07, 6.45) is 0. The van der Waals surface area contributed by atoms with E-state index in [9.17, 15) is 0 Å². The van der Waals surface area contributed by atoms with Crippen molar-refractivity contribution >= 4 is 11.8 Å². The van der Waals surface area contributed by atoms with E-state index in [0.29, 0.717) is 0 Å². The largest absolute Gasteiger partial charge is 0.497 e. The standard InChI is InChI=1S/C23H17N3OS/c1-27-20-11-7-18(8-12-20)23-15-22(17-5-3-2-4-6-17)25-26(23)19-9-13-21(14-10-19)28-16-24/h2-15H,1H3. The summed E-state index contributed by atoms with van der Waals surface area (Å²) in [7, 11) is 1.66. The second kappa shape index (κ2) is 8.03. The predicted molar refractivity (Wildman–Crippen MR) is 112 cm³/mol. The number of hydrogen-bond acceptors (Lipinski definition) is 4. The minimum Gasteiger partial charge on any atom is -0.497 e. The molecule has 0 saturated heterocycles. The van der Waals surface area contributed by atoms with E-state index in [1.165, 1.54) is 0 Å². The van der Waals surface area contributed by atoms with Crippen LogP contribution in [0.25, 0.3) is 28.2 Å². The zero-order valence-electron chi connectivity index (χ0n) is 15.2. The summed E-state index contributed by atoms with van der Waals surface area (Å²) < 4.78 is 7.22. The Morgan fingerprint density at radius 1 is 0.893 bits per heavy atom. The van der Waals surface area contributed by atoms with Gasteiger partial charge in [-0.3, -0.25) is 0 Å². The van der Waals surface area contributed by atoms with Crippen LogP contribution in [0, 0.1) is 10.7 Å². The van der Waals surface area contributed by atoms with Gasteiger partial charge in [-0.2, -0.15) is 10.4 Å². The van der Waals surface area contributed by atoms with Crippen molar-refractivity contribution in [3.05, 3.63) is 84.9 Å². The van der Waals surface area contributed by atoms with E-state index in [2.05, 4.69) is 23.6 Å². The third-order valence-corrected chi connectivity index (χ3v) is 5.01. The van der Waals surface area contributed by atoms with E-state index in [4.69, 9.17) is 15.1 Å². The maximum absolute atomic E-state index is 8.86. The van der Waals surface area contributed by atoms with Gasteiger partial charge in [0.05, 0.1) is 24.2 Å². The van der Waals surface area contributed by atoms with Crippen LogP contribution < -0.4 is 4.74 Å². The van der Waals surface area contributed by atoms with Gasteiger partial charge in [0.15, 0.2) is 0 Å². The maximum atomic E-state index is 8.86. The Balaban J connectivity index is 1.82. The van der Waals surface area contributed by atoms with Crippen LogP contribution in [0.3, 0.4) is 0 Å². The van der Waals surface area contributed by atoms with Crippen LogP contribution in [0.5, 0.6) is 5.75 Å². The fourth-order valence-corrected chi connectivity index (χ4v) is 3.38. The van der Waals surface area contributed by atoms with Gasteiger partial charge < -0.3 is 4.74 Å². The minimum atomic E-state index is 0.816. The Bertz CT molecular complexity index is 1110. The molecule has 0 spiro atoms. The van der Waals surface area contributed by atoms with Crippen molar-refractivity contribution in [2.75, 3.05) is 7.11 Å². The zero-order valence-corrected chi connectivity index (χ0v) is 16.1. The molecule has 1 aromatic heterocycles. The Morgan fingerprint density at radius 2 is 1.61 bits per heavy atom. The van der Waals surface area contributed by atoms with Crippen LogP contribution in [0.4, 0.5) is 0 Å². The lowest BCUT2D eigenvalue weighted by Crippen LogP contribution is -1.99. The van der Waals surface area contributed by atoms with Crippen molar-refractivity contribution in [3.63, 3.8) is 0 Å². The summed E-state index contributed by atoms with van der Waals surface area (Å²) in [6.45, 7) is 0. The number of hydrogen-bond donors (Lipinski definition) is 0. The lowest BCUT2D eigenvalue weighted by Gasteiger charge is -2.09. The molecule has 3 aromatic carbocycles. The summed E-state index contributed by atoms with van der Waals surface area (Å²) in [5.74, 6) is 0.816. The minimum absolute atomic E-state index is 0.816. The Hall–Kier alpha value is -3.49. The van der Waals surface area contributed by atoms with Gasteiger partial charge in [-0.1, -0.05) is 30.3 Å². The third kappa shape index (κ3) is 3.64. The van der Waals surface area contributed by atoms with Crippen molar-refractivity contribution in [2.24, 2.45) is 0 Å². The van der Waals surface area contributed by atoms with Gasteiger partial charge in [-0.25, -0.2) is 4.68 Å². The second-order valence-corrected chi connectivity index (χ2v) is 6.97. The van der Waals surface area contributed by atoms with Gasteiger partial charge in [0, 0.05) is 16.0 Å². The van der Waals surface area contributed by atoms with E-state index >= 15 is 0 Å². The Labute approximate surface area is 168 Å². The van der Waals surface area contributed by atoms with Crippen LogP contribution in [-0.2, 0) is 0 Å². The molecule has 4 nitrogen and oxygen atoms in total. The predicted octanol–water partition coefficient (Wildman–Crippen LogP) is 5.79. The monoisotopic (exact) mass is 383 g/mol. The summed E-state index contributed by atoms with van der Waals surface area (Å²) in [6, 6.07) is 28.0. The lowest BCUT2D eigenvalue weighted by atomic mass is 10.1. The molecular formula is C23H17N3OS. The molecule has 0 aliphatic carbocycles. The van der Waals surface area contributed by atoms with Crippen molar-refractivity contribution < 1.29 is 4.74 Å². The summed E-state index contributed by atoms with van der Waals surface area (Å²) in [5.41, 5.74) is 4.94. The van der Waals surface area contributed by atoms with E-state index in [1.54, 1.807) is 7.11 Å². The lowest BCUT2D eigenvalue weighted by molar-refractivity contribution is 0.415. The van der Waals surface area contributed by atoms with Crippen LogP contribution in [0.2, 0.25) is 0 Å². The first-order valence-corrected chi connectivity index (χ1v) is 9.56. The van der Waals surface area contributed by atoms with Gasteiger partial charge in [0.25, 0.3) is 0 Å². The smallest absolute Gasteiger partial charge is 0.138 e. The zero-order chi connectivity index (χ0) is 19.3. The molecule has 136 valence electrons. The molecule has 0 aliphatic heterocycles. The van der Waals surface area contributed by atoms with Gasteiger partial charge in [0.2, 0.25) is 0 Å². The van der Waals surface area contributed by atoms with E-state index in [1.807, 2.05) is 71.4 Å². The number of thiocyanates is 1. The summed E-state index contributed by atoms with van der Waals surface area (Å²) in [5, 5.41) is 15.8. The van der Waals surface area contributed by atoms with Crippen molar-refractivity contribution in [2.45, 2.75) is 4.90 Å². The SMILES string of the molecule is COc1ccc(-c2cc(-c3ccccc3)nn2-c2ccc(SC#N)cc2)cc1. The normalized spacial score (nSPS) is 10.4. The average Bonchev–Trinajstić information content (AvgIpc) is 3.21. The highest BCUT2D eigenvalue weighted by molar-refractivity contribution is 8.03. The molecule has 5 heteroatoms. The molecule has 0 saturated carbocycles. The summed E-state index contributed by atoms with van der Waals surface area (Å²) in [4.78, 5) is 0.910. The van der Waals surface area contributed by atoms with Crippen LogP contribution in [0.1, 0.15) is 0 Å². The van der Waals surface area contributed by atoms with Gasteiger partial charge >= 0.3 is 0 Å². The molecule has 4 aromatic rings. The van der Waals surface area contributed by atoms with Crippen molar-refractivity contribution in [1.82, 2.24) is 9.78 Å². The first kappa shape index (κ1) is 17.9. The van der Waals surface area contributed by atoms with E-state index in [0.717, 1.165) is 50.6 Å². The fourth-order valence-electron chi connectivity index (χ4n) is 3.00. The molecule has 0 aliphatic rings. The topological polar surface area (TPSA) is 50.8 Å². The fraction of sp³-hybridized carbons (Fsp3) is 0.0435. The molecule has 0 unspecified atom stereocenters. The van der Waals surface area contributed by atoms with Crippen molar-refractivity contribution in [1.29, 1.82) is 5.26 Å². The molecule has 0 N–H and O–H groups in total.